The van der Waals surface area contributed by atoms with Crippen molar-refractivity contribution < 1.29 is 9.53 Å². The molecule has 0 spiro atoms. The lowest BCUT2D eigenvalue weighted by Crippen LogP contribution is -2.52. The molecule has 172 valence electrons. The summed E-state index contributed by atoms with van der Waals surface area (Å²) in [7, 11) is 0. The molecule has 2 saturated heterocycles. The van der Waals surface area contributed by atoms with Gasteiger partial charge in [-0.15, -0.1) is 10.2 Å². The number of hydrogen-bond acceptors (Lipinski definition) is 7. The minimum absolute atomic E-state index is 0.0654. The van der Waals surface area contributed by atoms with Crippen LogP contribution in [-0.2, 0) is 0 Å². The Morgan fingerprint density at radius 2 is 1.85 bits per heavy atom. The molecule has 2 aliphatic heterocycles. The van der Waals surface area contributed by atoms with Gasteiger partial charge in [-0.1, -0.05) is 11.6 Å². The van der Waals surface area contributed by atoms with Crippen molar-refractivity contribution in [1.29, 1.82) is 5.26 Å². The first-order valence-corrected chi connectivity index (χ1v) is 12.0. The van der Waals surface area contributed by atoms with Crippen LogP contribution in [0.4, 0.5) is 5.82 Å². The Kier molecular flexibility index (Phi) is 6.34. The highest BCUT2D eigenvalue weighted by molar-refractivity contribution is 6.31. The first-order valence-electron chi connectivity index (χ1n) is 11.6. The molecule has 33 heavy (non-hydrogen) atoms. The molecule has 9 heteroatoms. The molecule has 1 saturated carbocycles. The zero-order valence-corrected chi connectivity index (χ0v) is 19.1. The summed E-state index contributed by atoms with van der Waals surface area (Å²) >= 11 is 6.09. The summed E-state index contributed by atoms with van der Waals surface area (Å²) in [5.41, 5.74) is 0.790. The van der Waals surface area contributed by atoms with Crippen molar-refractivity contribution in [2.45, 2.75) is 62.8 Å². The van der Waals surface area contributed by atoms with E-state index < -0.39 is 0 Å². The first kappa shape index (κ1) is 21.9. The summed E-state index contributed by atoms with van der Waals surface area (Å²) in [5.74, 6) is 1.35. The highest BCUT2D eigenvalue weighted by Gasteiger charge is 2.37. The molecule has 2 bridgehead atoms. The minimum Gasteiger partial charge on any atom is -0.490 e. The van der Waals surface area contributed by atoms with Gasteiger partial charge in [0.2, 0.25) is 0 Å². The number of nitrogens with zero attached hydrogens (tertiary/aromatic N) is 4. The molecule has 1 aliphatic carbocycles. The van der Waals surface area contributed by atoms with E-state index in [-0.39, 0.29) is 18.1 Å². The average molecular weight is 467 g/mol. The van der Waals surface area contributed by atoms with Crippen LogP contribution in [-0.4, -0.2) is 53.4 Å². The maximum atomic E-state index is 12.7. The monoisotopic (exact) mass is 466 g/mol. The van der Waals surface area contributed by atoms with Crippen molar-refractivity contribution in [2.24, 2.45) is 0 Å². The first-order chi connectivity index (χ1) is 16.1. The van der Waals surface area contributed by atoms with E-state index in [1.807, 2.05) is 12.1 Å². The summed E-state index contributed by atoms with van der Waals surface area (Å²) in [6, 6.07) is 11.9. The Morgan fingerprint density at radius 1 is 1.09 bits per heavy atom. The summed E-state index contributed by atoms with van der Waals surface area (Å²) in [5, 5.41) is 24.5. The van der Waals surface area contributed by atoms with Gasteiger partial charge in [0.05, 0.1) is 16.7 Å². The fourth-order valence-corrected chi connectivity index (χ4v) is 5.39. The molecule has 2 aromatic rings. The van der Waals surface area contributed by atoms with Gasteiger partial charge < -0.3 is 20.3 Å². The summed E-state index contributed by atoms with van der Waals surface area (Å²) in [6.45, 7) is 1.95. The largest absolute Gasteiger partial charge is 0.490 e. The van der Waals surface area contributed by atoms with E-state index in [4.69, 9.17) is 21.6 Å². The third-order valence-electron chi connectivity index (χ3n) is 6.90. The van der Waals surface area contributed by atoms with Crippen molar-refractivity contribution in [3.05, 3.63) is 46.6 Å². The number of halogens is 1. The molecule has 1 amide bonds. The minimum atomic E-state index is -0.180. The van der Waals surface area contributed by atoms with Crippen LogP contribution in [0, 0.1) is 11.3 Å². The predicted molar refractivity (Wildman–Crippen MR) is 124 cm³/mol. The number of aromatic nitrogens is 2. The van der Waals surface area contributed by atoms with E-state index in [1.165, 1.54) is 12.8 Å². The SMILES string of the molecule is N#Cc1ccc(OC2CCC(NC(=O)c3ccc(N4C5CCC4CNC5)nn3)CC2)cc1Cl. The summed E-state index contributed by atoms with van der Waals surface area (Å²) < 4.78 is 6.03. The third kappa shape index (κ3) is 4.75. The maximum absolute atomic E-state index is 12.7. The van der Waals surface area contributed by atoms with Crippen molar-refractivity contribution in [2.75, 3.05) is 18.0 Å². The molecule has 2 unspecified atom stereocenters. The average Bonchev–Trinajstić information content (AvgIpc) is 3.08. The molecule has 0 radical (unpaired) electrons. The van der Waals surface area contributed by atoms with Crippen molar-refractivity contribution in [3.8, 4) is 11.8 Å². The lowest BCUT2D eigenvalue weighted by atomic mass is 9.93. The van der Waals surface area contributed by atoms with Crippen LogP contribution in [0.2, 0.25) is 5.02 Å². The van der Waals surface area contributed by atoms with Crippen LogP contribution in [0.1, 0.15) is 54.6 Å². The number of anilines is 1. The molecular formula is C24H27ClN6O2. The van der Waals surface area contributed by atoms with Crippen LogP contribution in [0.3, 0.4) is 0 Å². The molecular weight excluding hydrogens is 440 g/mol. The Bertz CT molecular complexity index is 1030. The number of piperazine rings is 1. The molecule has 3 fully saturated rings. The predicted octanol–water partition coefficient (Wildman–Crippen LogP) is 3.06. The molecule has 1 aromatic carbocycles. The van der Waals surface area contributed by atoms with Crippen LogP contribution >= 0.6 is 11.6 Å². The second kappa shape index (κ2) is 9.54. The number of rotatable bonds is 5. The molecule has 2 N–H and O–H groups in total. The zero-order chi connectivity index (χ0) is 22.8. The number of carbonyl (C=O) groups is 1. The van der Waals surface area contributed by atoms with Gasteiger partial charge in [-0.3, -0.25) is 4.79 Å². The number of ether oxygens (including phenoxy) is 1. The quantitative estimate of drug-likeness (QED) is 0.697. The molecule has 1 aromatic heterocycles. The van der Waals surface area contributed by atoms with Crippen LogP contribution in [0.15, 0.2) is 30.3 Å². The molecule has 5 rings (SSSR count). The van der Waals surface area contributed by atoms with Crippen molar-refractivity contribution in [1.82, 2.24) is 20.8 Å². The highest BCUT2D eigenvalue weighted by atomic mass is 35.5. The Labute approximate surface area is 198 Å². The second-order valence-corrected chi connectivity index (χ2v) is 9.45. The molecule has 8 nitrogen and oxygen atoms in total. The standard InChI is InChI=1S/C24H27ClN6O2/c25-21-11-20(6-1-15(21)12-26)33-19-7-2-16(3-8-19)28-24(32)22-9-10-23(30-29-22)31-17-4-5-18(31)14-27-13-17/h1,6,9-11,16-19,27H,2-5,7-8,13-14H2,(H,28,32). The fourth-order valence-electron chi connectivity index (χ4n) is 5.17. The van der Waals surface area contributed by atoms with E-state index in [0.717, 1.165) is 44.6 Å². The van der Waals surface area contributed by atoms with E-state index in [0.29, 0.717) is 34.1 Å². The van der Waals surface area contributed by atoms with Crippen LogP contribution in [0.25, 0.3) is 0 Å². The number of carbonyl (C=O) groups excluding carboxylic acids is 1. The van der Waals surface area contributed by atoms with Gasteiger partial charge in [-0.25, -0.2) is 0 Å². The summed E-state index contributed by atoms with van der Waals surface area (Å²) in [4.78, 5) is 15.1. The van der Waals surface area contributed by atoms with E-state index in [9.17, 15) is 4.79 Å². The zero-order valence-electron chi connectivity index (χ0n) is 18.3. The molecule has 3 aliphatic rings. The topological polar surface area (TPSA) is 103 Å². The van der Waals surface area contributed by atoms with Gasteiger partial charge >= 0.3 is 0 Å². The van der Waals surface area contributed by atoms with E-state index >= 15 is 0 Å². The molecule has 3 heterocycles. The van der Waals surface area contributed by atoms with Gasteiger partial charge in [0.15, 0.2) is 11.5 Å². The number of fused-ring (bicyclic) bond motifs is 2. The number of hydrogen-bond donors (Lipinski definition) is 2. The number of amides is 1. The summed E-state index contributed by atoms with van der Waals surface area (Å²) in [6.07, 6.45) is 5.73. The maximum Gasteiger partial charge on any atom is 0.272 e. The van der Waals surface area contributed by atoms with Crippen LogP contribution in [0.5, 0.6) is 5.75 Å². The normalized spacial score (nSPS) is 26.5. The Balaban J connectivity index is 1.12. The number of nitriles is 1. The Morgan fingerprint density at radius 3 is 2.48 bits per heavy atom. The van der Waals surface area contributed by atoms with Crippen LogP contribution < -0.4 is 20.3 Å². The second-order valence-electron chi connectivity index (χ2n) is 9.05. The van der Waals surface area contributed by atoms with Gasteiger partial charge in [0.25, 0.3) is 5.91 Å². The van der Waals surface area contributed by atoms with E-state index in [2.05, 4.69) is 25.7 Å². The van der Waals surface area contributed by atoms with Gasteiger partial charge in [-0.2, -0.15) is 5.26 Å². The smallest absolute Gasteiger partial charge is 0.272 e. The number of nitrogens with one attached hydrogen (secondary N) is 2. The van der Waals surface area contributed by atoms with Gasteiger partial charge in [-0.05, 0) is 62.8 Å². The van der Waals surface area contributed by atoms with Crippen molar-refractivity contribution >= 4 is 23.3 Å². The molecule has 2 atom stereocenters. The Hall–Kier alpha value is -2.89. The fraction of sp³-hybridized carbons (Fsp3) is 0.500. The lowest BCUT2D eigenvalue weighted by Gasteiger charge is -2.35. The number of benzene rings is 1. The van der Waals surface area contributed by atoms with E-state index in [1.54, 1.807) is 24.3 Å². The van der Waals surface area contributed by atoms with Gasteiger partial charge in [0.1, 0.15) is 11.8 Å². The lowest BCUT2D eigenvalue weighted by molar-refractivity contribution is 0.0888. The highest BCUT2D eigenvalue weighted by Crippen LogP contribution is 2.31. The van der Waals surface area contributed by atoms with Gasteiger partial charge in [0, 0.05) is 37.3 Å². The third-order valence-corrected chi connectivity index (χ3v) is 7.21. The van der Waals surface area contributed by atoms with Crippen molar-refractivity contribution in [3.63, 3.8) is 0 Å².